The predicted molar refractivity (Wildman–Crippen MR) is 70.8 cm³/mol. The highest BCUT2D eigenvalue weighted by Crippen LogP contribution is 2.38. The van der Waals surface area contributed by atoms with Crippen LogP contribution in [-0.4, -0.2) is 22.7 Å². The largest absolute Gasteiger partial charge is 0.492 e. The molecular formula is C14H10ClNO3. The maximum absolute atomic E-state index is 10.9. The lowest BCUT2D eigenvalue weighted by molar-refractivity contribution is 0.0696. The van der Waals surface area contributed by atoms with Gasteiger partial charge in [0.05, 0.1) is 22.9 Å². The zero-order valence-corrected chi connectivity index (χ0v) is 10.6. The van der Waals surface area contributed by atoms with Crippen LogP contribution in [-0.2, 0) is 6.42 Å². The highest BCUT2D eigenvalue weighted by Gasteiger charge is 2.20. The number of fused-ring (bicyclic) bond motifs is 1. The molecule has 1 N–H and O–H groups in total. The SMILES string of the molecule is O=C(O)c1cnc(-c2cccc3c2OCC3)c(Cl)c1. The molecule has 0 bridgehead atoms. The molecule has 0 fully saturated rings. The van der Waals surface area contributed by atoms with Crippen molar-refractivity contribution in [3.8, 4) is 17.0 Å². The van der Waals surface area contributed by atoms with E-state index in [4.69, 9.17) is 21.4 Å². The van der Waals surface area contributed by atoms with Gasteiger partial charge < -0.3 is 9.84 Å². The second-order valence-electron chi connectivity index (χ2n) is 4.25. The summed E-state index contributed by atoms with van der Waals surface area (Å²) >= 11 is 6.13. The number of carboxylic acids is 1. The predicted octanol–water partition coefficient (Wildman–Crippen LogP) is 3.04. The molecule has 1 aliphatic rings. The minimum atomic E-state index is -1.05. The molecule has 0 saturated carbocycles. The van der Waals surface area contributed by atoms with Crippen LogP contribution >= 0.6 is 11.6 Å². The molecule has 3 rings (SSSR count). The standard InChI is InChI=1S/C14H10ClNO3/c15-11-6-9(14(17)18)7-16-12(11)10-3-1-2-8-4-5-19-13(8)10/h1-3,6-7H,4-5H2,(H,17,18). The second kappa shape index (κ2) is 4.55. The van der Waals surface area contributed by atoms with Crippen molar-refractivity contribution in [2.24, 2.45) is 0 Å². The summed E-state index contributed by atoms with van der Waals surface area (Å²) in [5, 5.41) is 9.21. The topological polar surface area (TPSA) is 59.4 Å². The van der Waals surface area contributed by atoms with E-state index in [9.17, 15) is 4.79 Å². The zero-order valence-electron chi connectivity index (χ0n) is 9.89. The van der Waals surface area contributed by atoms with E-state index in [0.717, 1.165) is 23.3 Å². The van der Waals surface area contributed by atoms with Gasteiger partial charge in [-0.2, -0.15) is 0 Å². The van der Waals surface area contributed by atoms with Crippen LogP contribution in [0.3, 0.4) is 0 Å². The minimum Gasteiger partial charge on any atom is -0.492 e. The number of carbonyl (C=O) groups is 1. The normalized spacial score (nSPS) is 12.9. The number of aromatic nitrogens is 1. The lowest BCUT2D eigenvalue weighted by atomic mass is 10.0. The van der Waals surface area contributed by atoms with Crippen molar-refractivity contribution in [3.05, 3.63) is 46.6 Å². The van der Waals surface area contributed by atoms with Crippen molar-refractivity contribution in [3.63, 3.8) is 0 Å². The van der Waals surface area contributed by atoms with Crippen LogP contribution in [0.2, 0.25) is 5.02 Å². The third kappa shape index (κ3) is 2.04. The monoisotopic (exact) mass is 275 g/mol. The molecule has 4 nitrogen and oxygen atoms in total. The molecule has 2 aromatic rings. The van der Waals surface area contributed by atoms with Gasteiger partial charge in [0.15, 0.2) is 0 Å². The molecule has 0 spiro atoms. The molecule has 5 heteroatoms. The molecule has 1 aromatic heterocycles. The molecule has 1 aromatic carbocycles. The van der Waals surface area contributed by atoms with Crippen molar-refractivity contribution >= 4 is 17.6 Å². The van der Waals surface area contributed by atoms with Crippen molar-refractivity contribution in [1.29, 1.82) is 0 Å². The number of aromatic carboxylic acids is 1. The van der Waals surface area contributed by atoms with Crippen LogP contribution in [0, 0.1) is 0 Å². The first-order valence-corrected chi connectivity index (χ1v) is 6.18. The van der Waals surface area contributed by atoms with E-state index in [1.807, 2.05) is 18.2 Å². The first kappa shape index (κ1) is 12.0. The summed E-state index contributed by atoms with van der Waals surface area (Å²) in [7, 11) is 0. The number of pyridine rings is 1. The number of rotatable bonds is 2. The molecule has 19 heavy (non-hydrogen) atoms. The van der Waals surface area contributed by atoms with Crippen LogP contribution in [0.4, 0.5) is 0 Å². The lowest BCUT2D eigenvalue weighted by Gasteiger charge is -2.09. The molecule has 0 unspecified atom stereocenters. The number of carboxylic acid groups (broad SMARTS) is 1. The minimum absolute atomic E-state index is 0.0715. The van der Waals surface area contributed by atoms with Crippen molar-refractivity contribution < 1.29 is 14.6 Å². The summed E-state index contributed by atoms with van der Waals surface area (Å²) in [6.07, 6.45) is 2.17. The maximum Gasteiger partial charge on any atom is 0.337 e. The van der Waals surface area contributed by atoms with Crippen LogP contribution in [0.25, 0.3) is 11.3 Å². The van der Waals surface area contributed by atoms with E-state index >= 15 is 0 Å². The average Bonchev–Trinajstić information content (AvgIpc) is 2.86. The Hall–Kier alpha value is -2.07. The summed E-state index contributed by atoms with van der Waals surface area (Å²) in [6, 6.07) is 7.21. The average molecular weight is 276 g/mol. The Bertz CT molecular complexity index is 670. The summed E-state index contributed by atoms with van der Waals surface area (Å²) in [4.78, 5) is 15.0. The number of para-hydroxylation sites is 1. The molecule has 1 aliphatic heterocycles. The molecule has 0 aliphatic carbocycles. The number of benzene rings is 1. The van der Waals surface area contributed by atoms with Gasteiger partial charge in [0.2, 0.25) is 0 Å². The van der Waals surface area contributed by atoms with Crippen LogP contribution in [0.1, 0.15) is 15.9 Å². The van der Waals surface area contributed by atoms with E-state index in [0.29, 0.717) is 17.3 Å². The molecular weight excluding hydrogens is 266 g/mol. The van der Waals surface area contributed by atoms with Gasteiger partial charge in [0.1, 0.15) is 5.75 Å². The van der Waals surface area contributed by atoms with Crippen molar-refractivity contribution in [2.45, 2.75) is 6.42 Å². The number of ether oxygens (including phenoxy) is 1. The summed E-state index contributed by atoms with van der Waals surface area (Å²) in [5.41, 5.74) is 2.54. The molecule has 0 atom stereocenters. The van der Waals surface area contributed by atoms with E-state index in [1.54, 1.807) is 0 Å². The van der Waals surface area contributed by atoms with Crippen molar-refractivity contribution in [2.75, 3.05) is 6.61 Å². The Morgan fingerprint density at radius 1 is 1.42 bits per heavy atom. The highest BCUT2D eigenvalue weighted by molar-refractivity contribution is 6.33. The van der Waals surface area contributed by atoms with Gasteiger partial charge in [-0.05, 0) is 17.7 Å². The first-order valence-electron chi connectivity index (χ1n) is 5.80. The summed E-state index contributed by atoms with van der Waals surface area (Å²) < 4.78 is 5.60. The number of nitrogens with zero attached hydrogens (tertiary/aromatic N) is 1. The van der Waals surface area contributed by atoms with Crippen LogP contribution in [0.15, 0.2) is 30.5 Å². The van der Waals surface area contributed by atoms with E-state index in [2.05, 4.69) is 4.98 Å². The molecule has 0 radical (unpaired) electrons. The fourth-order valence-electron chi connectivity index (χ4n) is 2.15. The summed E-state index contributed by atoms with van der Waals surface area (Å²) in [5.74, 6) is -0.254. The van der Waals surface area contributed by atoms with E-state index in [-0.39, 0.29) is 5.56 Å². The Kier molecular flexibility index (Phi) is 2.87. The second-order valence-corrected chi connectivity index (χ2v) is 4.66. The van der Waals surface area contributed by atoms with Gasteiger partial charge in [-0.1, -0.05) is 23.7 Å². The van der Waals surface area contributed by atoms with Gasteiger partial charge in [0, 0.05) is 18.2 Å². The smallest absolute Gasteiger partial charge is 0.337 e. The Morgan fingerprint density at radius 2 is 2.26 bits per heavy atom. The third-order valence-corrected chi connectivity index (χ3v) is 3.35. The van der Waals surface area contributed by atoms with Gasteiger partial charge >= 0.3 is 5.97 Å². The number of hydrogen-bond donors (Lipinski definition) is 1. The zero-order chi connectivity index (χ0) is 13.4. The van der Waals surface area contributed by atoms with Crippen LogP contribution < -0.4 is 4.74 Å². The lowest BCUT2D eigenvalue weighted by Crippen LogP contribution is -1.98. The Labute approximate surface area is 114 Å². The molecule has 2 heterocycles. The van der Waals surface area contributed by atoms with Gasteiger partial charge in [-0.15, -0.1) is 0 Å². The van der Waals surface area contributed by atoms with Gasteiger partial charge in [-0.25, -0.2) is 4.79 Å². The first-order chi connectivity index (χ1) is 9.16. The Morgan fingerprint density at radius 3 is 3.00 bits per heavy atom. The third-order valence-electron chi connectivity index (χ3n) is 3.06. The van der Waals surface area contributed by atoms with Gasteiger partial charge in [-0.3, -0.25) is 4.98 Å². The van der Waals surface area contributed by atoms with Crippen molar-refractivity contribution in [1.82, 2.24) is 4.98 Å². The molecule has 96 valence electrons. The number of hydrogen-bond acceptors (Lipinski definition) is 3. The fraction of sp³-hybridized carbons (Fsp3) is 0.143. The Balaban J connectivity index is 2.13. The van der Waals surface area contributed by atoms with E-state index < -0.39 is 5.97 Å². The molecule has 0 saturated heterocycles. The maximum atomic E-state index is 10.9. The molecule has 0 amide bonds. The quantitative estimate of drug-likeness (QED) is 0.915. The number of halogens is 1. The van der Waals surface area contributed by atoms with E-state index in [1.165, 1.54) is 12.3 Å². The summed E-state index contributed by atoms with van der Waals surface area (Å²) in [6.45, 7) is 0.650. The van der Waals surface area contributed by atoms with Crippen LogP contribution in [0.5, 0.6) is 5.75 Å². The van der Waals surface area contributed by atoms with Gasteiger partial charge in [0.25, 0.3) is 0 Å². The fourth-order valence-corrected chi connectivity index (χ4v) is 2.42. The highest BCUT2D eigenvalue weighted by atomic mass is 35.5.